The van der Waals surface area contributed by atoms with E-state index in [1.807, 2.05) is 6.07 Å². The maximum absolute atomic E-state index is 5.31. The van der Waals surface area contributed by atoms with Gasteiger partial charge in [-0.1, -0.05) is 15.9 Å². The molecule has 0 bridgehead atoms. The molecule has 1 saturated heterocycles. The van der Waals surface area contributed by atoms with Gasteiger partial charge in [-0.25, -0.2) is 0 Å². The number of nitrogens with one attached hydrogen (secondary N) is 1. The molecule has 1 atom stereocenters. The van der Waals surface area contributed by atoms with Crippen molar-refractivity contribution in [3.8, 4) is 5.75 Å². The molecular weight excluding hydrogens is 280 g/mol. The third-order valence-corrected chi connectivity index (χ3v) is 3.51. The first-order valence-corrected chi connectivity index (χ1v) is 6.81. The summed E-state index contributed by atoms with van der Waals surface area (Å²) >= 11 is 3.53. The molecule has 2 rings (SSSR count). The van der Waals surface area contributed by atoms with Crippen molar-refractivity contribution in [1.29, 1.82) is 0 Å². The van der Waals surface area contributed by atoms with Crippen molar-refractivity contribution in [2.24, 2.45) is 0 Å². The van der Waals surface area contributed by atoms with Gasteiger partial charge in [0.2, 0.25) is 0 Å². The Morgan fingerprint density at radius 3 is 3.00 bits per heavy atom. The monoisotopic (exact) mass is 298 g/mol. The van der Waals surface area contributed by atoms with Crippen molar-refractivity contribution >= 4 is 21.6 Å². The summed E-state index contributed by atoms with van der Waals surface area (Å²) in [4.78, 5) is 2.41. The van der Waals surface area contributed by atoms with Gasteiger partial charge in [0.05, 0.1) is 7.11 Å². The lowest BCUT2D eigenvalue weighted by molar-refractivity contribution is 0.414. The Labute approximate surface area is 111 Å². The molecule has 3 nitrogen and oxygen atoms in total. The molecule has 0 aliphatic carbocycles. The van der Waals surface area contributed by atoms with Crippen LogP contribution in [0.25, 0.3) is 0 Å². The molecule has 0 saturated carbocycles. The molecule has 1 fully saturated rings. The quantitative estimate of drug-likeness (QED) is 0.908. The summed E-state index contributed by atoms with van der Waals surface area (Å²) in [6, 6.07) is 6.77. The lowest BCUT2D eigenvalue weighted by Gasteiger charge is -2.25. The third-order valence-electron chi connectivity index (χ3n) is 3.05. The number of methoxy groups -OCH3 is 1. The fourth-order valence-corrected chi connectivity index (χ4v) is 2.65. The summed E-state index contributed by atoms with van der Waals surface area (Å²) < 4.78 is 6.38. The van der Waals surface area contributed by atoms with Crippen LogP contribution in [0.15, 0.2) is 22.7 Å². The van der Waals surface area contributed by atoms with E-state index in [1.165, 1.54) is 12.1 Å². The van der Waals surface area contributed by atoms with Gasteiger partial charge in [-0.2, -0.15) is 0 Å². The highest BCUT2D eigenvalue weighted by molar-refractivity contribution is 9.10. The molecule has 1 aliphatic heterocycles. The predicted octanol–water partition coefficient (Wildman–Crippen LogP) is 2.65. The zero-order chi connectivity index (χ0) is 12.3. The SMILES string of the molecule is COc1cc(Br)cc(N2CCCNC(C)C2)c1. The summed E-state index contributed by atoms with van der Waals surface area (Å²) in [7, 11) is 1.71. The number of nitrogens with zero attached hydrogens (tertiary/aromatic N) is 1. The van der Waals surface area contributed by atoms with E-state index in [4.69, 9.17) is 4.74 Å². The van der Waals surface area contributed by atoms with Gasteiger partial charge in [-0.05, 0) is 32.0 Å². The second-order valence-electron chi connectivity index (χ2n) is 4.50. The number of hydrogen-bond acceptors (Lipinski definition) is 3. The number of hydrogen-bond donors (Lipinski definition) is 1. The van der Waals surface area contributed by atoms with Crippen molar-refractivity contribution in [2.75, 3.05) is 31.6 Å². The van der Waals surface area contributed by atoms with Crippen LogP contribution in [-0.2, 0) is 0 Å². The predicted molar refractivity (Wildman–Crippen MR) is 75.0 cm³/mol. The molecule has 0 aromatic heterocycles. The van der Waals surface area contributed by atoms with E-state index in [2.05, 4.69) is 45.2 Å². The average Bonchev–Trinajstić information content (AvgIpc) is 2.53. The molecule has 17 heavy (non-hydrogen) atoms. The third kappa shape index (κ3) is 3.36. The normalized spacial score (nSPS) is 21.1. The topological polar surface area (TPSA) is 24.5 Å². The Morgan fingerprint density at radius 1 is 1.41 bits per heavy atom. The minimum Gasteiger partial charge on any atom is -0.497 e. The van der Waals surface area contributed by atoms with Crippen LogP contribution in [-0.4, -0.2) is 32.8 Å². The lowest BCUT2D eigenvalue weighted by Crippen LogP contribution is -2.35. The van der Waals surface area contributed by atoms with Gasteiger partial charge in [0, 0.05) is 35.4 Å². The molecule has 0 amide bonds. The molecule has 1 aromatic rings. The zero-order valence-electron chi connectivity index (χ0n) is 10.4. The Balaban J connectivity index is 2.22. The van der Waals surface area contributed by atoms with Crippen molar-refractivity contribution in [3.63, 3.8) is 0 Å². The van der Waals surface area contributed by atoms with Crippen LogP contribution in [0.5, 0.6) is 5.75 Å². The van der Waals surface area contributed by atoms with Gasteiger partial charge >= 0.3 is 0 Å². The number of anilines is 1. The van der Waals surface area contributed by atoms with E-state index in [0.717, 1.165) is 29.9 Å². The largest absolute Gasteiger partial charge is 0.497 e. The number of halogens is 1. The molecule has 1 N–H and O–H groups in total. The first-order chi connectivity index (χ1) is 8.19. The molecule has 1 aliphatic rings. The van der Waals surface area contributed by atoms with Gasteiger partial charge in [-0.15, -0.1) is 0 Å². The van der Waals surface area contributed by atoms with Gasteiger partial charge in [-0.3, -0.25) is 0 Å². The highest BCUT2D eigenvalue weighted by Gasteiger charge is 2.15. The van der Waals surface area contributed by atoms with E-state index in [1.54, 1.807) is 7.11 Å². The second-order valence-corrected chi connectivity index (χ2v) is 5.42. The molecule has 0 spiro atoms. The molecule has 4 heteroatoms. The molecule has 1 heterocycles. The van der Waals surface area contributed by atoms with Crippen LogP contribution in [0.4, 0.5) is 5.69 Å². The maximum atomic E-state index is 5.31. The summed E-state index contributed by atoms with van der Waals surface area (Å²) in [6.45, 7) is 5.47. The first-order valence-electron chi connectivity index (χ1n) is 6.02. The van der Waals surface area contributed by atoms with Crippen LogP contribution in [0.1, 0.15) is 13.3 Å². The lowest BCUT2D eigenvalue weighted by atomic mass is 10.2. The van der Waals surface area contributed by atoms with E-state index in [-0.39, 0.29) is 0 Å². The Kier molecular flexibility index (Phi) is 4.29. The summed E-state index contributed by atoms with van der Waals surface area (Å²) in [6.07, 6.45) is 1.18. The second kappa shape index (κ2) is 5.74. The Morgan fingerprint density at radius 2 is 2.24 bits per heavy atom. The van der Waals surface area contributed by atoms with Gasteiger partial charge in [0.1, 0.15) is 5.75 Å². The number of ether oxygens (including phenoxy) is 1. The van der Waals surface area contributed by atoms with Crippen LogP contribution in [0.3, 0.4) is 0 Å². The molecule has 94 valence electrons. The molecule has 1 aromatic carbocycles. The highest BCUT2D eigenvalue weighted by Crippen LogP contribution is 2.27. The standard InChI is InChI=1S/C13H19BrN2O/c1-10-9-16(5-3-4-15-10)12-6-11(14)7-13(8-12)17-2/h6-8,10,15H,3-5,9H2,1-2H3. The van der Waals surface area contributed by atoms with Gasteiger partial charge in [0.25, 0.3) is 0 Å². The summed E-state index contributed by atoms with van der Waals surface area (Å²) in [5.41, 5.74) is 1.23. The Hall–Kier alpha value is -0.740. The van der Waals surface area contributed by atoms with Gasteiger partial charge in [0.15, 0.2) is 0 Å². The minimum atomic E-state index is 0.530. The number of rotatable bonds is 2. The number of benzene rings is 1. The smallest absolute Gasteiger partial charge is 0.122 e. The van der Waals surface area contributed by atoms with Gasteiger partial charge < -0.3 is 15.0 Å². The first kappa shape index (κ1) is 12.7. The van der Waals surface area contributed by atoms with Crippen molar-refractivity contribution in [3.05, 3.63) is 22.7 Å². The Bertz CT molecular complexity index is 384. The van der Waals surface area contributed by atoms with Crippen LogP contribution < -0.4 is 15.0 Å². The molecular formula is C13H19BrN2O. The van der Waals surface area contributed by atoms with Crippen molar-refractivity contribution in [1.82, 2.24) is 5.32 Å². The van der Waals surface area contributed by atoms with E-state index < -0.39 is 0 Å². The molecule has 1 unspecified atom stereocenters. The fraction of sp³-hybridized carbons (Fsp3) is 0.538. The maximum Gasteiger partial charge on any atom is 0.122 e. The van der Waals surface area contributed by atoms with E-state index in [0.29, 0.717) is 6.04 Å². The van der Waals surface area contributed by atoms with Crippen molar-refractivity contribution < 1.29 is 4.74 Å². The fourth-order valence-electron chi connectivity index (χ4n) is 2.19. The van der Waals surface area contributed by atoms with Crippen LogP contribution in [0, 0.1) is 0 Å². The minimum absolute atomic E-state index is 0.530. The molecule has 0 radical (unpaired) electrons. The zero-order valence-corrected chi connectivity index (χ0v) is 12.0. The summed E-state index contributed by atoms with van der Waals surface area (Å²) in [5.74, 6) is 0.902. The highest BCUT2D eigenvalue weighted by atomic mass is 79.9. The van der Waals surface area contributed by atoms with E-state index in [9.17, 15) is 0 Å². The van der Waals surface area contributed by atoms with Crippen molar-refractivity contribution in [2.45, 2.75) is 19.4 Å². The van der Waals surface area contributed by atoms with Crippen LogP contribution in [0.2, 0.25) is 0 Å². The van der Waals surface area contributed by atoms with E-state index >= 15 is 0 Å². The van der Waals surface area contributed by atoms with Crippen LogP contribution >= 0.6 is 15.9 Å². The summed E-state index contributed by atoms with van der Waals surface area (Å²) in [5, 5.41) is 3.50. The average molecular weight is 299 g/mol.